The minimum atomic E-state index is -0.201. The molecule has 0 aromatic heterocycles. The lowest BCUT2D eigenvalue weighted by atomic mass is 10.1. The van der Waals surface area contributed by atoms with Crippen molar-refractivity contribution >= 4 is 23.3 Å². The number of fused-ring (bicyclic) bond motifs is 1. The highest BCUT2D eigenvalue weighted by atomic mass is 16.5. The summed E-state index contributed by atoms with van der Waals surface area (Å²) in [7, 11) is 0. The largest absolute Gasteiger partial charge is 0.482 e. The van der Waals surface area contributed by atoms with Crippen LogP contribution in [0.3, 0.4) is 0 Å². The van der Waals surface area contributed by atoms with E-state index < -0.39 is 0 Å². The van der Waals surface area contributed by atoms with Gasteiger partial charge >= 0.3 is 0 Å². The summed E-state index contributed by atoms with van der Waals surface area (Å²) < 4.78 is 5.38. The van der Waals surface area contributed by atoms with Gasteiger partial charge in [-0.2, -0.15) is 0 Å². The van der Waals surface area contributed by atoms with Gasteiger partial charge in [-0.25, -0.2) is 0 Å². The summed E-state index contributed by atoms with van der Waals surface area (Å²) in [4.78, 5) is 36.9. The van der Waals surface area contributed by atoms with Gasteiger partial charge in [0.2, 0.25) is 5.91 Å². The molecule has 0 saturated heterocycles. The Hall–Kier alpha value is -2.37. The van der Waals surface area contributed by atoms with Gasteiger partial charge < -0.3 is 15.0 Å². The average molecular weight is 302 g/mol. The number of carbonyl (C=O) groups excluding carboxylic acids is 3. The van der Waals surface area contributed by atoms with Crippen molar-refractivity contribution in [1.29, 1.82) is 0 Å². The normalized spacial score (nSPS) is 16.8. The molecule has 116 valence electrons. The zero-order valence-corrected chi connectivity index (χ0v) is 12.4. The first-order valence-corrected chi connectivity index (χ1v) is 7.42. The zero-order chi connectivity index (χ0) is 15.7. The van der Waals surface area contributed by atoms with Crippen LogP contribution in [0.5, 0.6) is 5.75 Å². The number of Topliss-reactive ketones (excluding diaryl/α,β-unsaturated/α-hetero) is 1. The zero-order valence-electron chi connectivity index (χ0n) is 12.4. The standard InChI is InChI=1S/C16H18N2O4/c1-10(19)11-2-5-14-13(8-11)18(16(21)9-22-14)7-6-15(20)17-12-3-4-12/h2,5,8,12H,3-4,6-7,9H2,1H3,(H,17,20). The molecule has 1 heterocycles. The highest BCUT2D eigenvalue weighted by molar-refractivity contribution is 6.01. The molecular weight excluding hydrogens is 284 g/mol. The second-order valence-corrected chi connectivity index (χ2v) is 5.66. The van der Waals surface area contributed by atoms with Gasteiger partial charge in [-0.1, -0.05) is 0 Å². The van der Waals surface area contributed by atoms with Crippen molar-refractivity contribution in [2.75, 3.05) is 18.1 Å². The van der Waals surface area contributed by atoms with Gasteiger partial charge in [0, 0.05) is 24.6 Å². The molecule has 1 saturated carbocycles. The third kappa shape index (κ3) is 3.10. The number of nitrogens with one attached hydrogen (secondary N) is 1. The maximum Gasteiger partial charge on any atom is 0.265 e. The van der Waals surface area contributed by atoms with E-state index in [0.29, 0.717) is 23.0 Å². The predicted octanol–water partition coefficient (Wildman–Crippen LogP) is 1.28. The molecule has 6 nitrogen and oxygen atoms in total. The van der Waals surface area contributed by atoms with Crippen LogP contribution in [0, 0.1) is 0 Å². The number of hydrogen-bond donors (Lipinski definition) is 1. The molecule has 0 bridgehead atoms. The number of benzene rings is 1. The van der Waals surface area contributed by atoms with Crippen LogP contribution >= 0.6 is 0 Å². The van der Waals surface area contributed by atoms with Crippen LogP contribution in [-0.4, -0.2) is 36.8 Å². The molecule has 0 unspecified atom stereocenters. The Bertz CT molecular complexity index is 637. The first kappa shape index (κ1) is 14.6. The van der Waals surface area contributed by atoms with E-state index in [1.54, 1.807) is 18.2 Å². The maximum absolute atomic E-state index is 12.1. The van der Waals surface area contributed by atoms with Gasteiger partial charge in [-0.15, -0.1) is 0 Å². The third-order valence-corrected chi connectivity index (χ3v) is 3.81. The Morgan fingerprint density at radius 3 is 2.82 bits per heavy atom. The van der Waals surface area contributed by atoms with Crippen molar-refractivity contribution in [3.8, 4) is 5.75 Å². The Labute approximate surface area is 128 Å². The van der Waals surface area contributed by atoms with E-state index in [-0.39, 0.29) is 37.2 Å². The van der Waals surface area contributed by atoms with Crippen LogP contribution in [0.2, 0.25) is 0 Å². The molecular formula is C16H18N2O4. The Morgan fingerprint density at radius 1 is 1.36 bits per heavy atom. The molecule has 1 aliphatic carbocycles. The van der Waals surface area contributed by atoms with Crippen molar-refractivity contribution < 1.29 is 19.1 Å². The fourth-order valence-corrected chi connectivity index (χ4v) is 2.41. The summed E-state index contributed by atoms with van der Waals surface area (Å²) >= 11 is 0. The molecule has 1 aromatic rings. The van der Waals surface area contributed by atoms with Crippen molar-refractivity contribution in [2.45, 2.75) is 32.2 Å². The molecule has 2 amide bonds. The van der Waals surface area contributed by atoms with Gasteiger partial charge in [0.25, 0.3) is 5.91 Å². The molecule has 0 spiro atoms. The number of rotatable bonds is 5. The lowest BCUT2D eigenvalue weighted by Gasteiger charge is -2.29. The average Bonchev–Trinajstić information content (AvgIpc) is 3.29. The first-order valence-electron chi connectivity index (χ1n) is 7.42. The minimum absolute atomic E-state index is 0.0450. The summed E-state index contributed by atoms with van der Waals surface area (Å²) in [6.45, 7) is 1.71. The van der Waals surface area contributed by atoms with Crippen LogP contribution in [0.1, 0.15) is 36.5 Å². The van der Waals surface area contributed by atoms with Crippen molar-refractivity contribution in [3.63, 3.8) is 0 Å². The topological polar surface area (TPSA) is 75.7 Å². The number of nitrogens with zero attached hydrogens (tertiary/aromatic N) is 1. The SMILES string of the molecule is CC(=O)c1ccc2c(c1)N(CCC(=O)NC1CC1)C(=O)CO2. The number of amides is 2. The molecule has 0 atom stereocenters. The van der Waals surface area contributed by atoms with Crippen LogP contribution in [0.4, 0.5) is 5.69 Å². The van der Waals surface area contributed by atoms with Gasteiger partial charge in [-0.3, -0.25) is 14.4 Å². The van der Waals surface area contributed by atoms with Crippen molar-refractivity contribution in [2.24, 2.45) is 0 Å². The van der Waals surface area contributed by atoms with E-state index in [1.165, 1.54) is 11.8 Å². The monoisotopic (exact) mass is 302 g/mol. The fourth-order valence-electron chi connectivity index (χ4n) is 2.41. The number of anilines is 1. The quantitative estimate of drug-likeness (QED) is 0.831. The first-order chi connectivity index (χ1) is 10.5. The summed E-state index contributed by atoms with van der Waals surface area (Å²) in [6.07, 6.45) is 2.31. The lowest BCUT2D eigenvalue weighted by molar-refractivity contribution is -0.122. The van der Waals surface area contributed by atoms with E-state index >= 15 is 0 Å². The third-order valence-electron chi connectivity index (χ3n) is 3.81. The smallest absolute Gasteiger partial charge is 0.265 e. The number of carbonyl (C=O) groups is 3. The second kappa shape index (κ2) is 5.79. The van der Waals surface area contributed by atoms with E-state index in [1.807, 2.05) is 0 Å². The molecule has 22 heavy (non-hydrogen) atoms. The molecule has 1 N–H and O–H groups in total. The molecule has 1 aromatic carbocycles. The van der Waals surface area contributed by atoms with Crippen LogP contribution in [0.15, 0.2) is 18.2 Å². The number of hydrogen-bond acceptors (Lipinski definition) is 4. The van der Waals surface area contributed by atoms with Gasteiger partial charge in [-0.05, 0) is 38.0 Å². The maximum atomic E-state index is 12.1. The molecule has 1 aliphatic heterocycles. The van der Waals surface area contributed by atoms with E-state index in [0.717, 1.165) is 12.8 Å². The Kier molecular flexibility index (Phi) is 3.83. The lowest BCUT2D eigenvalue weighted by Crippen LogP contribution is -2.41. The minimum Gasteiger partial charge on any atom is -0.482 e. The van der Waals surface area contributed by atoms with E-state index in [4.69, 9.17) is 4.74 Å². The molecule has 6 heteroatoms. The van der Waals surface area contributed by atoms with Crippen molar-refractivity contribution in [1.82, 2.24) is 5.32 Å². The van der Waals surface area contributed by atoms with E-state index in [2.05, 4.69) is 5.32 Å². The number of ketones is 1. The van der Waals surface area contributed by atoms with Gasteiger partial charge in [0.15, 0.2) is 12.4 Å². The van der Waals surface area contributed by atoms with Gasteiger partial charge in [0.1, 0.15) is 5.75 Å². The predicted molar refractivity (Wildman–Crippen MR) is 80.1 cm³/mol. The molecule has 3 rings (SSSR count). The summed E-state index contributed by atoms with van der Waals surface area (Å²) in [5.74, 6) is 0.234. The van der Waals surface area contributed by atoms with Crippen molar-refractivity contribution in [3.05, 3.63) is 23.8 Å². The van der Waals surface area contributed by atoms with Crippen LogP contribution in [0.25, 0.3) is 0 Å². The Balaban J connectivity index is 1.75. The second-order valence-electron chi connectivity index (χ2n) is 5.66. The highest BCUT2D eigenvalue weighted by Gasteiger charge is 2.28. The summed E-state index contributed by atoms with van der Waals surface area (Å²) in [5, 5.41) is 2.90. The fraction of sp³-hybridized carbons (Fsp3) is 0.438. The Morgan fingerprint density at radius 2 is 2.14 bits per heavy atom. The highest BCUT2D eigenvalue weighted by Crippen LogP contribution is 2.33. The molecule has 1 fully saturated rings. The molecule has 2 aliphatic rings. The van der Waals surface area contributed by atoms with Crippen LogP contribution in [-0.2, 0) is 9.59 Å². The van der Waals surface area contributed by atoms with Crippen LogP contribution < -0.4 is 15.0 Å². The van der Waals surface area contributed by atoms with E-state index in [9.17, 15) is 14.4 Å². The van der Waals surface area contributed by atoms with Gasteiger partial charge in [0.05, 0.1) is 5.69 Å². The number of ether oxygens (including phenoxy) is 1. The summed E-state index contributed by atoms with van der Waals surface area (Å²) in [5.41, 5.74) is 1.08. The summed E-state index contributed by atoms with van der Waals surface area (Å²) in [6, 6.07) is 5.32. The molecule has 0 radical (unpaired) electrons.